The van der Waals surface area contributed by atoms with Gasteiger partial charge in [0.25, 0.3) is 5.69 Å². The standard InChI is InChI=1S/C24H32N4O4/c1-16-9-8-10-18(15-16)20(25-22(29)32-24(5,6)7)21(26-27-23(2,3)4)17-11-13-19(14-12-17)28(30)31/h8-15,20-21H,1-7H3,(H,25,29)/t20-,21+/m1/s1. The van der Waals surface area contributed by atoms with Crippen LogP contribution in [0.5, 0.6) is 0 Å². The molecule has 172 valence electrons. The average molecular weight is 441 g/mol. The number of rotatable bonds is 6. The van der Waals surface area contributed by atoms with E-state index >= 15 is 0 Å². The fraction of sp³-hybridized carbons (Fsp3) is 0.458. The Bertz CT molecular complexity index is 973. The largest absolute Gasteiger partial charge is 0.444 e. The van der Waals surface area contributed by atoms with Crippen LogP contribution in [0.25, 0.3) is 0 Å². The number of hydrogen-bond donors (Lipinski definition) is 1. The molecular formula is C24H32N4O4. The van der Waals surface area contributed by atoms with Crippen molar-refractivity contribution in [3.05, 3.63) is 75.3 Å². The molecule has 2 rings (SSSR count). The maximum atomic E-state index is 12.7. The highest BCUT2D eigenvalue weighted by Crippen LogP contribution is 2.35. The maximum Gasteiger partial charge on any atom is 0.408 e. The predicted octanol–water partition coefficient (Wildman–Crippen LogP) is 6.46. The van der Waals surface area contributed by atoms with Gasteiger partial charge < -0.3 is 10.1 Å². The van der Waals surface area contributed by atoms with E-state index in [1.807, 2.05) is 52.0 Å². The third-order valence-electron chi connectivity index (χ3n) is 4.32. The Hall–Kier alpha value is -3.29. The molecule has 0 aliphatic rings. The summed E-state index contributed by atoms with van der Waals surface area (Å²) in [6.07, 6.45) is -0.582. The normalized spacial score (nSPS) is 14.1. The summed E-state index contributed by atoms with van der Waals surface area (Å²) in [5.74, 6) is 0. The zero-order valence-corrected chi connectivity index (χ0v) is 19.7. The summed E-state index contributed by atoms with van der Waals surface area (Å²) in [5.41, 5.74) is 1.40. The minimum atomic E-state index is -0.670. The fourth-order valence-corrected chi connectivity index (χ4v) is 3.00. The van der Waals surface area contributed by atoms with Gasteiger partial charge in [-0.15, -0.1) is 0 Å². The highest BCUT2D eigenvalue weighted by atomic mass is 16.6. The molecule has 2 aromatic rings. The van der Waals surface area contributed by atoms with Crippen LogP contribution in [-0.2, 0) is 4.74 Å². The van der Waals surface area contributed by atoms with Gasteiger partial charge in [-0.05, 0) is 71.7 Å². The first-order chi connectivity index (χ1) is 14.7. The van der Waals surface area contributed by atoms with Crippen molar-refractivity contribution < 1.29 is 14.5 Å². The average Bonchev–Trinajstić information content (AvgIpc) is 2.65. The molecule has 32 heavy (non-hydrogen) atoms. The molecule has 0 aliphatic heterocycles. The molecular weight excluding hydrogens is 408 g/mol. The molecule has 0 saturated carbocycles. The Morgan fingerprint density at radius 1 is 1.03 bits per heavy atom. The van der Waals surface area contributed by atoms with E-state index < -0.39 is 34.2 Å². The summed E-state index contributed by atoms with van der Waals surface area (Å²) in [6, 6.07) is 12.7. The van der Waals surface area contributed by atoms with Crippen LogP contribution >= 0.6 is 0 Å². The van der Waals surface area contributed by atoms with Gasteiger partial charge in [0.1, 0.15) is 11.6 Å². The summed E-state index contributed by atoms with van der Waals surface area (Å²) in [7, 11) is 0. The number of non-ortho nitro benzene ring substituents is 1. The number of nitrogens with zero attached hydrogens (tertiary/aromatic N) is 3. The molecule has 0 radical (unpaired) electrons. The summed E-state index contributed by atoms with van der Waals surface area (Å²) < 4.78 is 5.49. The van der Waals surface area contributed by atoms with E-state index in [2.05, 4.69) is 15.5 Å². The van der Waals surface area contributed by atoms with E-state index in [0.29, 0.717) is 5.56 Å². The van der Waals surface area contributed by atoms with Gasteiger partial charge >= 0.3 is 6.09 Å². The highest BCUT2D eigenvalue weighted by molar-refractivity contribution is 5.68. The smallest absolute Gasteiger partial charge is 0.408 e. The van der Waals surface area contributed by atoms with Gasteiger partial charge in [0, 0.05) is 12.1 Å². The van der Waals surface area contributed by atoms with Crippen LogP contribution in [-0.4, -0.2) is 22.2 Å². The van der Waals surface area contributed by atoms with E-state index in [0.717, 1.165) is 11.1 Å². The molecule has 0 spiro atoms. The van der Waals surface area contributed by atoms with Crippen molar-refractivity contribution in [2.75, 3.05) is 0 Å². The molecule has 2 atom stereocenters. The third-order valence-corrected chi connectivity index (χ3v) is 4.32. The van der Waals surface area contributed by atoms with Gasteiger partial charge in [-0.25, -0.2) is 4.79 Å². The molecule has 0 aromatic heterocycles. The number of azo groups is 1. The number of benzene rings is 2. The number of carbonyl (C=O) groups is 1. The molecule has 1 amide bonds. The van der Waals surface area contributed by atoms with E-state index in [1.54, 1.807) is 32.9 Å². The Labute approximate surface area is 189 Å². The lowest BCUT2D eigenvalue weighted by Gasteiger charge is -2.28. The molecule has 8 heteroatoms. The number of nitro benzene ring substituents is 1. The van der Waals surface area contributed by atoms with Crippen LogP contribution in [0.4, 0.5) is 10.5 Å². The Balaban J connectivity index is 2.57. The molecule has 2 aromatic carbocycles. The summed E-state index contributed by atoms with van der Waals surface area (Å²) in [6.45, 7) is 13.1. The van der Waals surface area contributed by atoms with Crippen molar-refractivity contribution in [3.63, 3.8) is 0 Å². The van der Waals surface area contributed by atoms with Crippen molar-refractivity contribution in [2.45, 2.75) is 71.7 Å². The van der Waals surface area contributed by atoms with E-state index in [-0.39, 0.29) is 5.69 Å². The number of nitrogens with one attached hydrogen (secondary N) is 1. The van der Waals surface area contributed by atoms with Gasteiger partial charge in [0.2, 0.25) is 0 Å². The third kappa shape index (κ3) is 7.76. The maximum absolute atomic E-state index is 12.7. The quantitative estimate of drug-likeness (QED) is 0.316. The Morgan fingerprint density at radius 2 is 1.66 bits per heavy atom. The SMILES string of the molecule is Cc1cccc([C@@H](NC(=O)OC(C)(C)C)[C@@H](N=NC(C)(C)C)c2ccc([N+](=O)[O-])cc2)c1. The highest BCUT2D eigenvalue weighted by Gasteiger charge is 2.30. The molecule has 0 aliphatic carbocycles. The van der Waals surface area contributed by atoms with Crippen molar-refractivity contribution in [2.24, 2.45) is 10.2 Å². The number of carbonyl (C=O) groups excluding carboxylic acids is 1. The second-order valence-corrected chi connectivity index (χ2v) is 9.72. The monoisotopic (exact) mass is 440 g/mol. The van der Waals surface area contributed by atoms with Crippen LogP contribution in [0.2, 0.25) is 0 Å². The van der Waals surface area contributed by atoms with Gasteiger partial charge in [-0.1, -0.05) is 29.8 Å². The van der Waals surface area contributed by atoms with Gasteiger partial charge in [0.15, 0.2) is 0 Å². The number of ether oxygens (including phenoxy) is 1. The van der Waals surface area contributed by atoms with Gasteiger partial charge in [-0.2, -0.15) is 10.2 Å². The molecule has 8 nitrogen and oxygen atoms in total. The molecule has 0 bridgehead atoms. The summed E-state index contributed by atoms with van der Waals surface area (Å²) in [5, 5.41) is 23.1. The van der Waals surface area contributed by atoms with Crippen molar-refractivity contribution in [1.82, 2.24) is 5.32 Å². The second kappa shape index (κ2) is 9.89. The zero-order chi connectivity index (χ0) is 24.1. The molecule has 1 N–H and O–H groups in total. The number of amides is 1. The topological polar surface area (TPSA) is 106 Å². The van der Waals surface area contributed by atoms with Gasteiger partial charge in [-0.3, -0.25) is 10.1 Å². The summed E-state index contributed by atoms with van der Waals surface area (Å²) >= 11 is 0. The number of aryl methyl sites for hydroxylation is 1. The predicted molar refractivity (Wildman–Crippen MR) is 124 cm³/mol. The van der Waals surface area contributed by atoms with E-state index in [4.69, 9.17) is 4.74 Å². The first-order valence-corrected chi connectivity index (χ1v) is 10.5. The van der Waals surface area contributed by atoms with E-state index in [9.17, 15) is 14.9 Å². The van der Waals surface area contributed by atoms with Crippen LogP contribution < -0.4 is 5.32 Å². The second-order valence-electron chi connectivity index (χ2n) is 9.72. The number of hydrogen-bond acceptors (Lipinski definition) is 6. The van der Waals surface area contributed by atoms with Crippen molar-refractivity contribution in [1.29, 1.82) is 0 Å². The molecule has 0 saturated heterocycles. The molecule has 0 fully saturated rings. The number of alkyl carbamates (subject to hydrolysis) is 1. The lowest BCUT2D eigenvalue weighted by molar-refractivity contribution is -0.384. The van der Waals surface area contributed by atoms with Crippen LogP contribution in [0.1, 0.15) is 70.3 Å². The van der Waals surface area contributed by atoms with Crippen molar-refractivity contribution >= 4 is 11.8 Å². The molecule has 0 heterocycles. The van der Waals surface area contributed by atoms with Crippen molar-refractivity contribution in [3.8, 4) is 0 Å². The molecule has 0 unspecified atom stereocenters. The Kier molecular flexibility index (Phi) is 7.72. The zero-order valence-electron chi connectivity index (χ0n) is 19.7. The number of nitro groups is 1. The van der Waals surface area contributed by atoms with Crippen LogP contribution in [0.15, 0.2) is 58.8 Å². The van der Waals surface area contributed by atoms with Gasteiger partial charge in [0.05, 0.1) is 16.5 Å². The first kappa shape index (κ1) is 25.0. The van der Waals surface area contributed by atoms with Crippen LogP contribution in [0, 0.1) is 17.0 Å². The minimum absolute atomic E-state index is 0.0209. The van der Waals surface area contributed by atoms with E-state index in [1.165, 1.54) is 12.1 Å². The minimum Gasteiger partial charge on any atom is -0.444 e. The van der Waals surface area contributed by atoms with Crippen LogP contribution in [0.3, 0.4) is 0 Å². The Morgan fingerprint density at radius 3 is 2.16 bits per heavy atom. The first-order valence-electron chi connectivity index (χ1n) is 10.5. The lowest BCUT2D eigenvalue weighted by Crippen LogP contribution is -2.37. The fourth-order valence-electron chi connectivity index (χ4n) is 3.00. The summed E-state index contributed by atoms with van der Waals surface area (Å²) in [4.78, 5) is 23.4. The lowest BCUT2D eigenvalue weighted by atomic mass is 9.93.